The minimum atomic E-state index is -4.61. The number of anilines is 2. The van der Waals surface area contributed by atoms with Crippen LogP contribution in [0.2, 0.25) is 0 Å². The Balaban J connectivity index is 0.000000430. The zero-order chi connectivity index (χ0) is 36.4. The van der Waals surface area contributed by atoms with Gasteiger partial charge in [-0.3, -0.25) is 9.59 Å². The maximum absolute atomic E-state index is 12.5. The second-order valence-electron chi connectivity index (χ2n) is 11.5. The van der Waals surface area contributed by atoms with Gasteiger partial charge >= 0.3 is 24.1 Å². The number of carbonyl (C=O) groups excluding carboxylic acids is 1. The maximum Gasteiger partial charge on any atom is 0.415 e. The van der Waals surface area contributed by atoms with Gasteiger partial charge < -0.3 is 45.6 Å². The zero-order valence-electron chi connectivity index (χ0n) is 27.2. The predicted octanol–water partition coefficient (Wildman–Crippen LogP) is 2.84. The molecule has 0 aliphatic heterocycles. The molecule has 1 aliphatic carbocycles. The number of carboxylic acid groups (broad SMARTS) is 2. The number of alkyl halides is 3. The van der Waals surface area contributed by atoms with Crippen molar-refractivity contribution in [3.63, 3.8) is 0 Å². The maximum atomic E-state index is 12.5. The number of aromatic nitrogens is 5. The highest BCUT2D eigenvalue weighted by molar-refractivity contribution is 5.91. The topological polar surface area (TPSA) is 255 Å². The van der Waals surface area contributed by atoms with Crippen molar-refractivity contribution in [2.45, 2.75) is 63.0 Å². The van der Waals surface area contributed by atoms with E-state index in [0.717, 1.165) is 16.7 Å². The number of carboxylic acids is 2. The number of nitrogens with zero attached hydrogens (tertiary/aromatic N) is 5. The van der Waals surface area contributed by atoms with Gasteiger partial charge in [-0.25, -0.2) is 19.4 Å². The lowest BCUT2D eigenvalue weighted by Gasteiger charge is -2.30. The largest absolute Gasteiger partial charge is 0.490 e. The molecule has 51 heavy (non-hydrogen) atoms. The Morgan fingerprint density at radius 2 is 1.73 bits per heavy atom. The fraction of sp³-hybridized carbons (Fsp3) is 0.419. The molecule has 1 saturated carbocycles. The number of pyridine rings is 1. The van der Waals surface area contributed by atoms with Gasteiger partial charge in [0.15, 0.2) is 17.7 Å². The van der Waals surface area contributed by atoms with Crippen molar-refractivity contribution in [2.24, 2.45) is 13.0 Å². The number of aliphatic carboxylic acids is 2. The summed E-state index contributed by atoms with van der Waals surface area (Å²) in [6.45, 7) is -0.498. The molecule has 5 rings (SSSR count). The van der Waals surface area contributed by atoms with Crippen molar-refractivity contribution in [1.29, 1.82) is 0 Å². The molecule has 1 aliphatic rings. The predicted molar refractivity (Wildman–Crippen MR) is 172 cm³/mol. The standard InChI is InChI=1S/C25H28F3N7O2.C6H8O7.H2O/c1-34-15-31-24-19(32-22-9-11-35(33-22)23-4-2-3-10-29-23)12-18(13-20(24)34)37-17-7-5-16(6-8-17)30-14-21(36)25(26,27)28;7-4(8)1-3(2-5(9)10)6(11)13-12;/h2-4,9-13,15-17,21,30,36H,5-8,14H2,1H3,(H,32,33);3,12H,1-2H2,(H,7,8)(H,9,10);1H2/t16-,17+,21?;;. The number of fused-ring (bicyclic) bond motifs is 1. The first-order valence-corrected chi connectivity index (χ1v) is 15.4. The van der Waals surface area contributed by atoms with E-state index in [4.69, 9.17) is 20.2 Å². The molecule has 1 atom stereocenters. The minimum absolute atomic E-state index is 0. The first-order chi connectivity index (χ1) is 23.7. The fourth-order valence-electron chi connectivity index (χ4n) is 5.22. The summed E-state index contributed by atoms with van der Waals surface area (Å²) in [5.74, 6) is -3.29. The molecule has 0 radical (unpaired) electrons. The average molecular weight is 726 g/mol. The van der Waals surface area contributed by atoms with Crippen molar-refractivity contribution in [1.82, 2.24) is 29.6 Å². The molecule has 4 aromatic rings. The molecule has 0 bridgehead atoms. The van der Waals surface area contributed by atoms with E-state index in [0.29, 0.717) is 43.1 Å². The van der Waals surface area contributed by atoms with Gasteiger partial charge in [0, 0.05) is 50.2 Å². The van der Waals surface area contributed by atoms with Gasteiger partial charge in [0.05, 0.1) is 42.4 Å². The van der Waals surface area contributed by atoms with Crippen LogP contribution in [0.1, 0.15) is 38.5 Å². The summed E-state index contributed by atoms with van der Waals surface area (Å²) < 4.78 is 47.5. The second kappa shape index (κ2) is 18.1. The molecule has 1 aromatic carbocycles. The van der Waals surface area contributed by atoms with Crippen LogP contribution in [0.3, 0.4) is 0 Å². The molecule has 1 unspecified atom stereocenters. The fourth-order valence-corrected chi connectivity index (χ4v) is 5.22. The van der Waals surface area contributed by atoms with Gasteiger partial charge in [0.2, 0.25) is 0 Å². The van der Waals surface area contributed by atoms with Gasteiger partial charge in [-0.1, -0.05) is 6.07 Å². The quantitative estimate of drug-likeness (QED) is 0.0856. The number of ether oxygens (including phenoxy) is 1. The zero-order valence-corrected chi connectivity index (χ0v) is 27.2. The number of rotatable bonds is 13. The highest BCUT2D eigenvalue weighted by Gasteiger charge is 2.38. The Hall–Kier alpha value is -5.31. The van der Waals surface area contributed by atoms with E-state index in [2.05, 4.69) is 30.6 Å². The first-order valence-electron chi connectivity index (χ1n) is 15.4. The molecular weight excluding hydrogens is 687 g/mol. The van der Waals surface area contributed by atoms with Crippen LogP contribution < -0.4 is 15.4 Å². The average Bonchev–Trinajstić information content (AvgIpc) is 3.70. The summed E-state index contributed by atoms with van der Waals surface area (Å²) in [4.78, 5) is 42.9. The van der Waals surface area contributed by atoms with Gasteiger partial charge in [0.25, 0.3) is 0 Å². The highest BCUT2D eigenvalue weighted by Crippen LogP contribution is 2.33. The highest BCUT2D eigenvalue weighted by atomic mass is 19.4. The molecule has 8 N–H and O–H groups in total. The Kier molecular flexibility index (Phi) is 14.2. The third kappa shape index (κ3) is 11.6. The van der Waals surface area contributed by atoms with E-state index in [1.807, 2.05) is 54.2 Å². The number of hydrogen-bond donors (Lipinski definition) is 6. The van der Waals surface area contributed by atoms with E-state index in [1.165, 1.54) is 0 Å². The van der Waals surface area contributed by atoms with Crippen molar-refractivity contribution in [3.8, 4) is 11.6 Å². The number of carbonyl (C=O) groups is 3. The molecule has 17 nitrogen and oxygen atoms in total. The van der Waals surface area contributed by atoms with E-state index in [-0.39, 0.29) is 17.6 Å². The number of nitrogens with one attached hydrogen (secondary N) is 2. The van der Waals surface area contributed by atoms with Gasteiger partial charge in [-0.15, -0.1) is 5.10 Å². The van der Waals surface area contributed by atoms with Crippen LogP contribution >= 0.6 is 0 Å². The van der Waals surface area contributed by atoms with Crippen LogP contribution in [0.4, 0.5) is 24.7 Å². The third-order valence-electron chi connectivity index (χ3n) is 7.76. The minimum Gasteiger partial charge on any atom is -0.490 e. The van der Waals surface area contributed by atoms with E-state index in [1.54, 1.807) is 17.2 Å². The lowest BCUT2D eigenvalue weighted by atomic mass is 9.93. The Morgan fingerprint density at radius 3 is 2.31 bits per heavy atom. The van der Waals surface area contributed by atoms with Crippen molar-refractivity contribution < 1.29 is 63.2 Å². The molecule has 0 saturated heterocycles. The molecule has 278 valence electrons. The number of aryl methyl sites for hydroxylation is 1. The monoisotopic (exact) mass is 725 g/mol. The molecule has 3 aromatic heterocycles. The molecule has 0 spiro atoms. The summed E-state index contributed by atoms with van der Waals surface area (Å²) in [7, 11) is 1.91. The van der Waals surface area contributed by atoms with Crippen LogP contribution in [0.5, 0.6) is 5.75 Å². The van der Waals surface area contributed by atoms with Crippen LogP contribution in [0.15, 0.2) is 55.1 Å². The SMILES string of the molecule is Cn1cnc2c(Nc3ccn(-c4ccccn4)n3)cc(O[C@H]3CC[C@@H](NCC(O)C(F)(F)F)CC3)cc21.O.O=C(O)CC(CC(=O)O)C(=O)OO. The number of imidazole rings is 1. The molecule has 20 heteroatoms. The second-order valence-corrected chi connectivity index (χ2v) is 11.5. The third-order valence-corrected chi connectivity index (χ3v) is 7.76. The Morgan fingerprint density at radius 1 is 1.04 bits per heavy atom. The number of halogens is 3. The van der Waals surface area contributed by atoms with Crippen LogP contribution in [-0.2, 0) is 26.3 Å². The number of hydrogen-bond acceptors (Lipinski definition) is 12. The van der Waals surface area contributed by atoms with Crippen molar-refractivity contribution in [3.05, 3.63) is 55.1 Å². The number of benzene rings is 1. The lowest BCUT2D eigenvalue weighted by Crippen LogP contribution is -2.44. The van der Waals surface area contributed by atoms with E-state index in [9.17, 15) is 32.7 Å². The van der Waals surface area contributed by atoms with Crippen LogP contribution in [0.25, 0.3) is 16.9 Å². The molecule has 0 amide bonds. The van der Waals surface area contributed by atoms with E-state index < -0.39 is 55.5 Å². The Labute approximate surface area is 287 Å². The van der Waals surface area contributed by atoms with Gasteiger partial charge in [-0.05, 0) is 37.8 Å². The number of aliphatic hydroxyl groups excluding tert-OH is 1. The molecule has 3 heterocycles. The normalized spacial score (nSPS) is 16.4. The van der Waals surface area contributed by atoms with Crippen LogP contribution in [-0.4, -0.2) is 99.2 Å². The van der Waals surface area contributed by atoms with Crippen molar-refractivity contribution in [2.75, 3.05) is 11.9 Å². The van der Waals surface area contributed by atoms with Crippen molar-refractivity contribution >= 4 is 40.4 Å². The molecule has 1 fully saturated rings. The summed E-state index contributed by atoms with van der Waals surface area (Å²) in [5.41, 5.74) is 2.41. The smallest absolute Gasteiger partial charge is 0.415 e. The van der Waals surface area contributed by atoms with Crippen LogP contribution in [0, 0.1) is 5.92 Å². The van der Waals surface area contributed by atoms with Gasteiger partial charge in [0.1, 0.15) is 11.3 Å². The first kappa shape index (κ1) is 40.1. The summed E-state index contributed by atoms with van der Waals surface area (Å²) in [6.07, 6.45) is -0.422. The Bertz CT molecular complexity index is 1730. The molecular formula is C31H38F3N7O10. The van der Waals surface area contributed by atoms with Gasteiger partial charge in [-0.2, -0.15) is 18.4 Å². The summed E-state index contributed by atoms with van der Waals surface area (Å²) in [6, 6.07) is 11.2. The summed E-state index contributed by atoms with van der Waals surface area (Å²) >= 11 is 0. The van der Waals surface area contributed by atoms with E-state index >= 15 is 0 Å². The lowest BCUT2D eigenvalue weighted by molar-refractivity contribution is -0.239. The number of aliphatic hydroxyl groups is 1. The summed E-state index contributed by atoms with van der Waals surface area (Å²) in [5, 5.41) is 44.3.